The molecule has 2 N–H and O–H groups in total. The van der Waals surface area contributed by atoms with Gasteiger partial charge >= 0.3 is 6.09 Å². The Morgan fingerprint density at radius 1 is 1.29 bits per heavy atom. The van der Waals surface area contributed by atoms with Crippen LogP contribution in [0.25, 0.3) is 11.5 Å². The third kappa shape index (κ3) is 5.01. The van der Waals surface area contributed by atoms with E-state index in [2.05, 4.69) is 30.8 Å². The Morgan fingerprint density at radius 2 is 2.15 bits per heavy atom. The first-order valence-electron chi connectivity index (χ1n) is 11.1. The molecule has 0 aliphatic carbocycles. The van der Waals surface area contributed by atoms with Crippen LogP contribution < -0.4 is 5.32 Å². The van der Waals surface area contributed by atoms with Crippen molar-refractivity contribution in [2.75, 3.05) is 25.1 Å². The first-order chi connectivity index (χ1) is 16.5. The Bertz CT molecular complexity index is 1180. The molecule has 0 aromatic carbocycles. The zero-order chi connectivity index (χ0) is 24.1. The number of aromatic nitrogens is 6. The lowest BCUT2D eigenvalue weighted by atomic mass is 10.0. The van der Waals surface area contributed by atoms with Gasteiger partial charge in [0.15, 0.2) is 0 Å². The Kier molecular flexibility index (Phi) is 7.07. The lowest BCUT2D eigenvalue weighted by molar-refractivity contribution is 0.0978. The van der Waals surface area contributed by atoms with Crippen LogP contribution in [0, 0.1) is 0 Å². The molecule has 12 heteroatoms. The summed E-state index contributed by atoms with van der Waals surface area (Å²) in [5.74, 6) is 0.249. The number of nitrogens with zero attached hydrogens (tertiary/aromatic N) is 7. The number of amides is 2. The molecule has 178 valence electrons. The highest BCUT2D eigenvalue weighted by Gasteiger charge is 2.23. The van der Waals surface area contributed by atoms with E-state index in [1.807, 2.05) is 6.92 Å². The van der Waals surface area contributed by atoms with Crippen molar-refractivity contribution in [1.82, 2.24) is 35.1 Å². The Morgan fingerprint density at radius 3 is 2.94 bits per heavy atom. The second-order valence-electron chi connectivity index (χ2n) is 7.97. The number of ether oxygens (including phenoxy) is 1. The summed E-state index contributed by atoms with van der Waals surface area (Å²) < 4.78 is 6.70. The molecule has 0 spiro atoms. The van der Waals surface area contributed by atoms with Crippen LogP contribution in [0.5, 0.6) is 0 Å². The molecule has 2 amide bonds. The summed E-state index contributed by atoms with van der Waals surface area (Å²) in [6.07, 6.45) is 2.73. The van der Waals surface area contributed by atoms with Crippen LogP contribution in [-0.2, 0) is 17.7 Å². The molecule has 4 rings (SSSR count). The minimum atomic E-state index is -0.429. The quantitative estimate of drug-likeness (QED) is 0.532. The van der Waals surface area contributed by atoms with Crippen LogP contribution >= 0.6 is 0 Å². The van der Waals surface area contributed by atoms with Crippen molar-refractivity contribution in [2.45, 2.75) is 39.3 Å². The van der Waals surface area contributed by atoms with Crippen LogP contribution in [0.4, 0.5) is 10.6 Å². The van der Waals surface area contributed by atoms with Gasteiger partial charge in [-0.05, 0) is 59.5 Å². The summed E-state index contributed by atoms with van der Waals surface area (Å²) in [6, 6.07) is 6.45. The van der Waals surface area contributed by atoms with Gasteiger partial charge in [0.2, 0.25) is 5.82 Å². The number of hydrogen-bond donors (Lipinski definition) is 2. The highest BCUT2D eigenvalue weighted by molar-refractivity contribution is 6.02. The fourth-order valence-electron chi connectivity index (χ4n) is 3.54. The van der Waals surface area contributed by atoms with Gasteiger partial charge in [0, 0.05) is 19.3 Å². The number of fused-ring (bicyclic) bond motifs is 1. The summed E-state index contributed by atoms with van der Waals surface area (Å²) in [4.78, 5) is 35.4. The Hall–Kier alpha value is -3.93. The monoisotopic (exact) mass is 466 g/mol. The molecule has 0 saturated heterocycles. The van der Waals surface area contributed by atoms with E-state index in [0.717, 1.165) is 17.5 Å². The van der Waals surface area contributed by atoms with E-state index in [0.29, 0.717) is 43.5 Å². The first-order valence-corrected chi connectivity index (χ1v) is 11.1. The maximum absolute atomic E-state index is 12.9. The zero-order valence-corrected chi connectivity index (χ0v) is 19.0. The summed E-state index contributed by atoms with van der Waals surface area (Å²) >= 11 is 0. The molecule has 0 saturated carbocycles. The predicted molar refractivity (Wildman–Crippen MR) is 121 cm³/mol. The highest BCUT2D eigenvalue weighted by atomic mass is 16.6. The van der Waals surface area contributed by atoms with Crippen molar-refractivity contribution >= 4 is 17.8 Å². The number of carbonyl (C=O) groups excluding carboxylic acids is 2. The van der Waals surface area contributed by atoms with Crippen molar-refractivity contribution < 1.29 is 19.4 Å². The van der Waals surface area contributed by atoms with Gasteiger partial charge in [-0.2, -0.15) is 0 Å². The third-order valence-corrected chi connectivity index (χ3v) is 5.41. The van der Waals surface area contributed by atoms with E-state index in [1.54, 1.807) is 42.3 Å². The molecule has 3 aromatic heterocycles. The second-order valence-corrected chi connectivity index (χ2v) is 7.97. The maximum atomic E-state index is 12.9. The van der Waals surface area contributed by atoms with E-state index in [4.69, 9.17) is 4.74 Å². The summed E-state index contributed by atoms with van der Waals surface area (Å²) in [5.41, 5.74) is 2.52. The molecule has 3 aromatic rings. The van der Waals surface area contributed by atoms with E-state index in [-0.39, 0.29) is 24.4 Å². The number of pyridine rings is 2. The largest absolute Gasteiger partial charge is 0.449 e. The average molecular weight is 467 g/mol. The summed E-state index contributed by atoms with van der Waals surface area (Å²) in [7, 11) is 0. The molecular formula is C22H26N8O4. The summed E-state index contributed by atoms with van der Waals surface area (Å²) in [5, 5.41) is 23.7. The minimum Gasteiger partial charge on any atom is -0.449 e. The molecule has 0 fully saturated rings. The first kappa shape index (κ1) is 23.2. The van der Waals surface area contributed by atoms with Gasteiger partial charge in [-0.25, -0.2) is 14.5 Å². The van der Waals surface area contributed by atoms with Gasteiger partial charge in [-0.3, -0.25) is 9.78 Å². The number of tetrazole rings is 1. The van der Waals surface area contributed by atoms with Crippen LogP contribution in [0.15, 0.2) is 30.5 Å². The zero-order valence-electron chi connectivity index (χ0n) is 19.0. The maximum Gasteiger partial charge on any atom is 0.410 e. The van der Waals surface area contributed by atoms with E-state index in [9.17, 15) is 14.7 Å². The van der Waals surface area contributed by atoms with Crippen molar-refractivity contribution in [3.05, 3.63) is 47.3 Å². The van der Waals surface area contributed by atoms with Crippen LogP contribution in [0.3, 0.4) is 0 Å². The van der Waals surface area contributed by atoms with Crippen molar-refractivity contribution in [1.29, 1.82) is 0 Å². The number of rotatable bonds is 7. The van der Waals surface area contributed by atoms with Crippen molar-refractivity contribution in [3.63, 3.8) is 0 Å². The van der Waals surface area contributed by atoms with Crippen LogP contribution in [0.1, 0.15) is 47.9 Å². The number of aliphatic hydroxyl groups excluding tert-OH is 1. The molecule has 4 heterocycles. The smallest absolute Gasteiger partial charge is 0.410 e. The Labute approximate surface area is 196 Å². The number of nitrogens with one attached hydrogen (secondary N) is 1. The normalized spacial score (nSPS) is 13.8. The van der Waals surface area contributed by atoms with Gasteiger partial charge in [-0.1, -0.05) is 13.0 Å². The molecule has 0 radical (unpaired) electrons. The molecule has 0 bridgehead atoms. The Balaban J connectivity index is 1.49. The van der Waals surface area contributed by atoms with Crippen molar-refractivity contribution in [2.24, 2.45) is 0 Å². The number of aliphatic hydroxyl groups is 1. The van der Waals surface area contributed by atoms with Crippen LogP contribution in [0.2, 0.25) is 0 Å². The molecule has 34 heavy (non-hydrogen) atoms. The average Bonchev–Trinajstić information content (AvgIpc) is 3.36. The molecule has 1 atom stereocenters. The van der Waals surface area contributed by atoms with E-state index in [1.165, 1.54) is 4.68 Å². The van der Waals surface area contributed by atoms with E-state index < -0.39 is 5.91 Å². The molecular weight excluding hydrogens is 440 g/mol. The van der Waals surface area contributed by atoms with Crippen molar-refractivity contribution in [3.8, 4) is 11.5 Å². The van der Waals surface area contributed by atoms with Gasteiger partial charge in [0.1, 0.15) is 17.2 Å². The number of hydrogen-bond acceptors (Lipinski definition) is 9. The standard InChI is InChI=1S/C22H26N8O4/c1-3-9-34-22(33)29-8-7-15-11-23-18(10-16(15)12-29)21(32)25-19-6-4-5-17(24-19)20-26-27-28-30(20)14(2)13-31/h4-6,10-11,14,31H,3,7-9,12-13H2,1-2H3,(H,24,25,32)/t14-/m1/s1. The number of carbonyl (C=O) groups is 2. The lowest BCUT2D eigenvalue weighted by Crippen LogP contribution is -2.36. The summed E-state index contributed by atoms with van der Waals surface area (Å²) in [6.45, 7) is 4.87. The highest BCUT2D eigenvalue weighted by Crippen LogP contribution is 2.21. The minimum absolute atomic E-state index is 0.133. The SMILES string of the molecule is CCCOC(=O)N1CCc2cnc(C(=O)Nc3cccc(-c4nnnn4[C@H](C)CO)n3)cc2C1. The fraction of sp³-hybridized carbons (Fsp3) is 0.409. The number of anilines is 1. The van der Waals surface area contributed by atoms with Gasteiger partial charge < -0.3 is 20.1 Å². The van der Waals surface area contributed by atoms with Gasteiger partial charge in [0.25, 0.3) is 5.91 Å². The molecule has 1 aliphatic heterocycles. The topological polar surface area (TPSA) is 148 Å². The molecule has 0 unspecified atom stereocenters. The van der Waals surface area contributed by atoms with Crippen LogP contribution in [-0.4, -0.2) is 71.9 Å². The fourth-order valence-corrected chi connectivity index (χ4v) is 3.54. The van der Waals surface area contributed by atoms with E-state index >= 15 is 0 Å². The predicted octanol–water partition coefficient (Wildman–Crippen LogP) is 1.84. The lowest BCUT2D eigenvalue weighted by Gasteiger charge is -2.28. The molecule has 1 aliphatic rings. The van der Waals surface area contributed by atoms with Gasteiger partial charge in [0.05, 0.1) is 19.3 Å². The van der Waals surface area contributed by atoms with Gasteiger partial charge in [-0.15, -0.1) is 5.10 Å². The third-order valence-electron chi connectivity index (χ3n) is 5.41. The second kappa shape index (κ2) is 10.3. The molecule has 12 nitrogen and oxygen atoms in total.